The molecule has 0 aliphatic carbocycles. The average molecular weight is 304 g/mol. The maximum Gasteiger partial charge on any atom is 0.491 e. The predicted octanol–water partition coefficient (Wildman–Crippen LogP) is 0.666. The molecule has 2 rings (SSSR count). The second kappa shape index (κ2) is 6.33. The highest BCUT2D eigenvalue weighted by atomic mass is 19.1. The summed E-state index contributed by atoms with van der Waals surface area (Å²) in [5.41, 5.74) is -0.212. The summed E-state index contributed by atoms with van der Waals surface area (Å²) in [4.78, 5) is 21.9. The summed E-state index contributed by atoms with van der Waals surface area (Å²) in [5, 5.41) is 31.0. The topological polar surface area (TPSA) is 113 Å². The number of nitro benzene ring substituents is 1. The van der Waals surface area contributed by atoms with Gasteiger partial charge in [-0.1, -0.05) is 0 Å². The van der Waals surface area contributed by atoms with Crippen molar-refractivity contribution in [3.8, 4) is 0 Å². The molecule has 1 amide bonds. The first-order valence-corrected chi connectivity index (χ1v) is 6.10. The molecule has 0 bridgehead atoms. The number of nitro groups is 1. The van der Waals surface area contributed by atoms with E-state index in [0.29, 0.717) is 5.69 Å². The fraction of sp³-hybridized carbons (Fsp3) is 0. The van der Waals surface area contributed by atoms with E-state index >= 15 is 0 Å². The van der Waals surface area contributed by atoms with Gasteiger partial charge in [0.1, 0.15) is 5.82 Å². The molecule has 0 unspecified atom stereocenters. The fourth-order valence-electron chi connectivity index (χ4n) is 1.75. The number of carbonyl (C=O) groups is 1. The van der Waals surface area contributed by atoms with E-state index < -0.39 is 29.2 Å². The van der Waals surface area contributed by atoms with Crippen LogP contribution in [0.5, 0.6) is 0 Å². The van der Waals surface area contributed by atoms with Gasteiger partial charge in [-0.25, -0.2) is 4.39 Å². The van der Waals surface area contributed by atoms with Gasteiger partial charge in [-0.05, 0) is 30.3 Å². The number of hydrogen-bond acceptors (Lipinski definition) is 5. The number of nitrogens with one attached hydrogen (secondary N) is 1. The van der Waals surface area contributed by atoms with Gasteiger partial charge < -0.3 is 15.4 Å². The summed E-state index contributed by atoms with van der Waals surface area (Å²) in [6.45, 7) is 0. The standard InChI is InChI=1S/C13H10BFN2O5/c15-12-6-1-8(7-11(12)14(19)20)13(18)16-9-2-4-10(5-3-9)17(21)22/h1-7,19-20H,(H,16,18). The summed E-state index contributed by atoms with van der Waals surface area (Å²) in [6, 6.07) is 8.29. The van der Waals surface area contributed by atoms with Gasteiger partial charge in [0.15, 0.2) is 0 Å². The van der Waals surface area contributed by atoms with Crippen LogP contribution in [0.1, 0.15) is 10.4 Å². The van der Waals surface area contributed by atoms with Crippen molar-refractivity contribution in [3.05, 3.63) is 64.0 Å². The number of anilines is 1. The van der Waals surface area contributed by atoms with Crippen LogP contribution in [0.4, 0.5) is 15.8 Å². The van der Waals surface area contributed by atoms with Crippen molar-refractivity contribution in [1.29, 1.82) is 0 Å². The van der Waals surface area contributed by atoms with Crippen LogP contribution in [-0.2, 0) is 0 Å². The van der Waals surface area contributed by atoms with Crippen LogP contribution < -0.4 is 10.8 Å². The molecule has 9 heteroatoms. The molecule has 0 saturated heterocycles. The molecule has 0 fully saturated rings. The molecule has 0 saturated carbocycles. The number of hydrogen-bond donors (Lipinski definition) is 3. The molecular formula is C13H10BFN2O5. The summed E-state index contributed by atoms with van der Waals surface area (Å²) in [5.74, 6) is -1.46. The molecular weight excluding hydrogens is 294 g/mol. The van der Waals surface area contributed by atoms with E-state index in [1.165, 1.54) is 30.3 Å². The minimum atomic E-state index is -2.04. The molecule has 0 aliphatic rings. The Hall–Kier alpha value is -2.78. The highest BCUT2D eigenvalue weighted by Crippen LogP contribution is 2.16. The van der Waals surface area contributed by atoms with Gasteiger partial charge in [0.05, 0.1) is 4.92 Å². The number of nitrogens with zero attached hydrogens (tertiary/aromatic N) is 1. The van der Waals surface area contributed by atoms with Crippen LogP contribution in [0, 0.1) is 15.9 Å². The summed E-state index contributed by atoms with van der Waals surface area (Å²) in [7, 11) is -2.04. The summed E-state index contributed by atoms with van der Waals surface area (Å²) in [6.07, 6.45) is 0. The second-order valence-corrected chi connectivity index (χ2v) is 4.37. The predicted molar refractivity (Wildman–Crippen MR) is 77.3 cm³/mol. The smallest absolute Gasteiger partial charge is 0.423 e. The van der Waals surface area contributed by atoms with E-state index in [2.05, 4.69) is 5.32 Å². The number of amides is 1. The van der Waals surface area contributed by atoms with Crippen LogP contribution in [0.3, 0.4) is 0 Å². The van der Waals surface area contributed by atoms with E-state index in [-0.39, 0.29) is 11.3 Å². The third-order valence-corrected chi connectivity index (χ3v) is 2.87. The fourth-order valence-corrected chi connectivity index (χ4v) is 1.75. The molecule has 0 aromatic heterocycles. The normalized spacial score (nSPS) is 10.1. The third kappa shape index (κ3) is 3.46. The number of non-ortho nitro benzene ring substituents is 1. The van der Waals surface area contributed by atoms with E-state index in [4.69, 9.17) is 10.0 Å². The van der Waals surface area contributed by atoms with Crippen molar-refractivity contribution >= 4 is 29.9 Å². The van der Waals surface area contributed by atoms with E-state index in [1.54, 1.807) is 0 Å². The van der Waals surface area contributed by atoms with Gasteiger partial charge in [-0.15, -0.1) is 0 Å². The molecule has 0 radical (unpaired) electrons. The largest absolute Gasteiger partial charge is 0.491 e. The first-order chi connectivity index (χ1) is 10.4. The first kappa shape index (κ1) is 15.6. The van der Waals surface area contributed by atoms with Gasteiger partial charge >= 0.3 is 7.12 Å². The van der Waals surface area contributed by atoms with Crippen molar-refractivity contribution in [3.63, 3.8) is 0 Å². The number of benzene rings is 2. The lowest BCUT2D eigenvalue weighted by Crippen LogP contribution is -2.33. The lowest BCUT2D eigenvalue weighted by Gasteiger charge is -2.07. The summed E-state index contributed by atoms with van der Waals surface area (Å²) >= 11 is 0. The minimum Gasteiger partial charge on any atom is -0.423 e. The Balaban J connectivity index is 2.18. The molecule has 22 heavy (non-hydrogen) atoms. The minimum absolute atomic E-state index is 0.0165. The molecule has 0 spiro atoms. The van der Waals surface area contributed by atoms with Gasteiger partial charge in [-0.2, -0.15) is 0 Å². The van der Waals surface area contributed by atoms with Crippen LogP contribution in [0.2, 0.25) is 0 Å². The van der Waals surface area contributed by atoms with Gasteiger partial charge in [0, 0.05) is 28.8 Å². The van der Waals surface area contributed by atoms with Crippen molar-refractivity contribution in [1.82, 2.24) is 0 Å². The quantitative estimate of drug-likeness (QED) is 0.436. The Morgan fingerprint density at radius 1 is 1.18 bits per heavy atom. The Bertz CT molecular complexity index is 721. The molecule has 0 aliphatic heterocycles. The zero-order valence-electron chi connectivity index (χ0n) is 11.1. The zero-order chi connectivity index (χ0) is 16.3. The van der Waals surface area contributed by atoms with Crippen LogP contribution in [0.25, 0.3) is 0 Å². The molecule has 112 valence electrons. The Morgan fingerprint density at radius 2 is 1.82 bits per heavy atom. The maximum absolute atomic E-state index is 13.3. The van der Waals surface area contributed by atoms with Crippen molar-refractivity contribution in [2.45, 2.75) is 0 Å². The van der Waals surface area contributed by atoms with E-state index in [9.17, 15) is 19.3 Å². The average Bonchev–Trinajstić information content (AvgIpc) is 2.47. The number of halogens is 1. The van der Waals surface area contributed by atoms with Crippen molar-refractivity contribution in [2.75, 3.05) is 5.32 Å². The summed E-state index contributed by atoms with van der Waals surface area (Å²) < 4.78 is 13.3. The molecule has 0 heterocycles. The molecule has 2 aromatic carbocycles. The van der Waals surface area contributed by atoms with E-state index in [1.807, 2.05) is 0 Å². The SMILES string of the molecule is O=C(Nc1ccc([N+](=O)[O-])cc1)c1ccc(F)c(B(O)O)c1. The first-order valence-electron chi connectivity index (χ1n) is 6.10. The van der Waals surface area contributed by atoms with Gasteiger partial charge in [0.2, 0.25) is 0 Å². The Morgan fingerprint density at radius 3 is 2.36 bits per heavy atom. The lowest BCUT2D eigenvalue weighted by molar-refractivity contribution is -0.384. The van der Waals surface area contributed by atoms with Gasteiger partial charge in [-0.3, -0.25) is 14.9 Å². The Labute approximate surface area is 124 Å². The second-order valence-electron chi connectivity index (χ2n) is 4.37. The van der Waals surface area contributed by atoms with Crippen molar-refractivity contribution < 1.29 is 24.2 Å². The van der Waals surface area contributed by atoms with Crippen LogP contribution in [-0.4, -0.2) is 28.0 Å². The maximum atomic E-state index is 13.3. The zero-order valence-corrected chi connectivity index (χ0v) is 11.1. The monoisotopic (exact) mass is 304 g/mol. The molecule has 2 aromatic rings. The molecule has 0 atom stereocenters. The lowest BCUT2D eigenvalue weighted by atomic mass is 9.79. The highest BCUT2D eigenvalue weighted by Gasteiger charge is 2.19. The Kier molecular flexibility index (Phi) is 4.49. The number of rotatable bonds is 4. The third-order valence-electron chi connectivity index (χ3n) is 2.87. The van der Waals surface area contributed by atoms with Gasteiger partial charge in [0.25, 0.3) is 11.6 Å². The van der Waals surface area contributed by atoms with E-state index in [0.717, 1.165) is 12.1 Å². The van der Waals surface area contributed by atoms with Crippen molar-refractivity contribution in [2.24, 2.45) is 0 Å². The molecule has 7 nitrogen and oxygen atoms in total. The highest BCUT2D eigenvalue weighted by molar-refractivity contribution is 6.58. The number of carbonyl (C=O) groups excluding carboxylic acids is 1. The van der Waals surface area contributed by atoms with Crippen LogP contribution in [0.15, 0.2) is 42.5 Å². The molecule has 3 N–H and O–H groups in total. The van der Waals surface area contributed by atoms with Crippen LogP contribution >= 0.6 is 0 Å².